The molecule has 0 spiro atoms. The van der Waals surface area contributed by atoms with E-state index in [1.807, 2.05) is 24.3 Å². The van der Waals surface area contributed by atoms with Crippen LogP contribution in [0.5, 0.6) is 11.5 Å². The highest BCUT2D eigenvalue weighted by atomic mass is 79.9. The maximum Gasteiger partial charge on any atom is 0.342 e. The number of aromatic nitrogens is 3. The molecule has 4 aromatic rings. The minimum atomic E-state index is -1.09. The van der Waals surface area contributed by atoms with Crippen molar-refractivity contribution in [2.75, 3.05) is 7.11 Å². The number of thioether (sulfide) groups is 1. The van der Waals surface area contributed by atoms with E-state index >= 15 is 0 Å². The molecule has 0 amide bonds. The molecule has 0 radical (unpaired) electrons. The van der Waals surface area contributed by atoms with Gasteiger partial charge in [-0.1, -0.05) is 51.8 Å². The number of H-pyrrole nitrogens is 1. The molecular formula is C25H19BrClN3O4S. The first-order valence-electron chi connectivity index (χ1n) is 10.3. The average Bonchev–Trinajstić information content (AvgIpc) is 3.32. The fourth-order valence-corrected chi connectivity index (χ4v) is 4.21. The van der Waals surface area contributed by atoms with E-state index < -0.39 is 5.97 Å². The van der Waals surface area contributed by atoms with E-state index in [0.717, 1.165) is 21.8 Å². The van der Waals surface area contributed by atoms with Gasteiger partial charge in [0, 0.05) is 9.50 Å². The number of rotatable bonds is 9. The quantitative estimate of drug-likeness (QED) is 0.170. The van der Waals surface area contributed by atoms with Gasteiger partial charge in [-0.15, -0.1) is 5.10 Å². The van der Waals surface area contributed by atoms with Crippen LogP contribution in [0.25, 0.3) is 17.5 Å². The Morgan fingerprint density at radius 1 is 1.14 bits per heavy atom. The van der Waals surface area contributed by atoms with Crippen LogP contribution in [0.2, 0.25) is 5.02 Å². The molecule has 4 rings (SSSR count). The van der Waals surface area contributed by atoms with E-state index in [-0.39, 0.29) is 10.1 Å². The van der Waals surface area contributed by atoms with Gasteiger partial charge >= 0.3 is 5.97 Å². The van der Waals surface area contributed by atoms with Crippen LogP contribution in [0.1, 0.15) is 11.1 Å². The van der Waals surface area contributed by atoms with Gasteiger partial charge in [0.15, 0.2) is 5.82 Å². The number of benzene rings is 3. The molecule has 2 N–H and O–H groups in total. The largest absolute Gasteiger partial charge is 0.496 e. The first kappa shape index (κ1) is 24.8. The van der Waals surface area contributed by atoms with Gasteiger partial charge in [0.1, 0.15) is 23.0 Å². The van der Waals surface area contributed by atoms with Crippen molar-refractivity contribution in [2.24, 2.45) is 0 Å². The van der Waals surface area contributed by atoms with Gasteiger partial charge in [-0.3, -0.25) is 5.10 Å². The summed E-state index contributed by atoms with van der Waals surface area (Å²) in [5.41, 5.74) is 2.38. The molecule has 0 atom stereocenters. The third kappa shape index (κ3) is 6.66. The van der Waals surface area contributed by atoms with E-state index in [1.165, 1.54) is 0 Å². The minimum absolute atomic E-state index is 0.0668. The second-order valence-corrected chi connectivity index (χ2v) is 9.57. The molecular weight excluding hydrogens is 554 g/mol. The van der Waals surface area contributed by atoms with Crippen molar-refractivity contribution in [3.63, 3.8) is 0 Å². The van der Waals surface area contributed by atoms with Gasteiger partial charge in [0.2, 0.25) is 5.16 Å². The molecule has 10 heteroatoms. The Morgan fingerprint density at radius 2 is 1.89 bits per heavy atom. The monoisotopic (exact) mass is 571 g/mol. The zero-order valence-corrected chi connectivity index (χ0v) is 21.5. The summed E-state index contributed by atoms with van der Waals surface area (Å²) >= 11 is 10.4. The summed E-state index contributed by atoms with van der Waals surface area (Å²) in [4.78, 5) is 16.3. The molecule has 7 nitrogen and oxygen atoms in total. The van der Waals surface area contributed by atoms with Gasteiger partial charge in [-0.05, 0) is 71.4 Å². The maximum absolute atomic E-state index is 11.9. The van der Waals surface area contributed by atoms with Crippen molar-refractivity contribution in [2.45, 2.75) is 11.8 Å². The van der Waals surface area contributed by atoms with Crippen molar-refractivity contribution >= 4 is 51.3 Å². The number of ether oxygens (including phenoxy) is 2. The van der Waals surface area contributed by atoms with Gasteiger partial charge in [-0.2, -0.15) is 0 Å². The lowest BCUT2D eigenvalue weighted by Crippen LogP contribution is -1.97. The predicted octanol–water partition coefficient (Wildman–Crippen LogP) is 6.69. The van der Waals surface area contributed by atoms with Crippen LogP contribution in [0.15, 0.2) is 81.3 Å². The number of carboxylic acids is 1. The third-order valence-electron chi connectivity index (χ3n) is 4.79. The number of aromatic amines is 1. The van der Waals surface area contributed by atoms with Crippen LogP contribution < -0.4 is 9.47 Å². The van der Waals surface area contributed by atoms with Gasteiger partial charge in [0.05, 0.1) is 12.7 Å². The molecule has 1 heterocycles. The van der Waals surface area contributed by atoms with Crippen molar-refractivity contribution in [3.05, 3.63) is 92.3 Å². The number of nitrogens with one attached hydrogen (secondary N) is 1. The van der Waals surface area contributed by atoms with E-state index in [9.17, 15) is 9.90 Å². The van der Waals surface area contributed by atoms with E-state index in [1.54, 1.807) is 55.7 Å². The Hall–Kier alpha value is -3.27. The summed E-state index contributed by atoms with van der Waals surface area (Å²) < 4.78 is 12.2. The van der Waals surface area contributed by atoms with E-state index in [4.69, 9.17) is 21.1 Å². The number of hydrogen-bond acceptors (Lipinski definition) is 6. The molecule has 178 valence electrons. The summed E-state index contributed by atoms with van der Waals surface area (Å²) in [7, 11) is 1.54. The van der Waals surface area contributed by atoms with E-state index in [2.05, 4.69) is 31.1 Å². The van der Waals surface area contributed by atoms with Crippen molar-refractivity contribution < 1.29 is 19.4 Å². The second kappa shape index (κ2) is 11.4. The number of hydrogen-bond donors (Lipinski definition) is 2. The fourth-order valence-electron chi connectivity index (χ4n) is 3.07. The summed E-state index contributed by atoms with van der Waals surface area (Å²) in [6.45, 7) is 0.434. The summed E-state index contributed by atoms with van der Waals surface area (Å²) in [5, 5.41) is 17.4. The number of carboxylic acid groups (broad SMARTS) is 1. The lowest BCUT2D eigenvalue weighted by molar-refractivity contribution is -0.131. The molecule has 0 unspecified atom stereocenters. The molecule has 0 saturated heterocycles. The first-order chi connectivity index (χ1) is 16.9. The summed E-state index contributed by atoms with van der Waals surface area (Å²) in [6.07, 6.45) is 1.56. The number of nitrogens with zero attached hydrogens (tertiary/aromatic N) is 2. The summed E-state index contributed by atoms with van der Waals surface area (Å²) in [6, 6.07) is 20.2. The Bertz CT molecular complexity index is 1360. The summed E-state index contributed by atoms with van der Waals surface area (Å²) in [5.74, 6) is 0.586. The minimum Gasteiger partial charge on any atom is -0.496 e. The maximum atomic E-state index is 11.9. The molecule has 0 aliphatic carbocycles. The van der Waals surface area contributed by atoms with E-state index in [0.29, 0.717) is 40.1 Å². The lowest BCUT2D eigenvalue weighted by Gasteiger charge is -2.07. The zero-order chi connectivity index (χ0) is 24.8. The number of carbonyl (C=O) groups is 1. The molecule has 35 heavy (non-hydrogen) atoms. The highest BCUT2D eigenvalue weighted by molar-refractivity contribution is 9.10. The van der Waals surface area contributed by atoms with Gasteiger partial charge in [0.25, 0.3) is 0 Å². The van der Waals surface area contributed by atoms with Crippen LogP contribution in [0, 0.1) is 0 Å². The predicted molar refractivity (Wildman–Crippen MR) is 140 cm³/mol. The molecule has 1 aromatic heterocycles. The van der Waals surface area contributed by atoms with Crippen molar-refractivity contribution in [3.8, 4) is 22.9 Å². The van der Waals surface area contributed by atoms with Crippen molar-refractivity contribution in [1.82, 2.24) is 15.2 Å². The van der Waals surface area contributed by atoms with Crippen LogP contribution in [0.3, 0.4) is 0 Å². The van der Waals surface area contributed by atoms with Gasteiger partial charge < -0.3 is 14.6 Å². The lowest BCUT2D eigenvalue weighted by atomic mass is 10.2. The molecule has 0 aliphatic rings. The SMILES string of the molecule is COc1ccc(Cl)cc1-c1nc(S/C(=C\c2ccc(OCc3ccc(Br)cc3)cc2)C(=O)O)n[nH]1. The van der Waals surface area contributed by atoms with Crippen LogP contribution in [-0.4, -0.2) is 33.4 Å². The molecule has 0 aliphatic heterocycles. The molecule has 0 saturated carbocycles. The number of halogens is 2. The Labute approximate surface area is 219 Å². The smallest absolute Gasteiger partial charge is 0.342 e. The molecule has 0 fully saturated rings. The van der Waals surface area contributed by atoms with Crippen LogP contribution in [-0.2, 0) is 11.4 Å². The normalized spacial score (nSPS) is 11.3. The first-order valence-corrected chi connectivity index (χ1v) is 12.3. The molecule has 3 aromatic carbocycles. The third-order valence-corrected chi connectivity index (χ3v) is 6.43. The topological polar surface area (TPSA) is 97.3 Å². The number of aliphatic carboxylic acids is 1. The second-order valence-electron chi connectivity index (χ2n) is 7.21. The average molecular weight is 573 g/mol. The Kier molecular flexibility index (Phi) is 8.12. The fraction of sp³-hybridized carbons (Fsp3) is 0.0800. The molecule has 0 bridgehead atoms. The standard InChI is InChI=1S/C25H19BrClN3O4S/c1-33-21-11-8-18(27)13-20(21)23-28-25(30-29-23)35-22(24(31)32)12-15-4-9-19(10-5-15)34-14-16-2-6-17(26)7-3-16/h2-13H,14H2,1H3,(H,31,32)(H,28,29,30)/b22-12-. The zero-order valence-electron chi connectivity index (χ0n) is 18.4. The Morgan fingerprint density at radius 3 is 2.57 bits per heavy atom. The van der Waals surface area contributed by atoms with Gasteiger partial charge in [-0.25, -0.2) is 9.78 Å². The van der Waals surface area contributed by atoms with Crippen LogP contribution >= 0.6 is 39.3 Å². The highest BCUT2D eigenvalue weighted by Crippen LogP contribution is 2.33. The highest BCUT2D eigenvalue weighted by Gasteiger charge is 2.16. The Balaban J connectivity index is 1.46. The van der Waals surface area contributed by atoms with Crippen LogP contribution in [0.4, 0.5) is 0 Å². The van der Waals surface area contributed by atoms with Crippen molar-refractivity contribution in [1.29, 1.82) is 0 Å². The number of methoxy groups -OCH3 is 1.